The number of amides is 1. The molecule has 0 aromatic heterocycles. The van der Waals surface area contributed by atoms with E-state index in [2.05, 4.69) is 0 Å². The van der Waals surface area contributed by atoms with Gasteiger partial charge in [-0.3, -0.25) is 4.79 Å². The zero-order valence-corrected chi connectivity index (χ0v) is 20.8. The highest BCUT2D eigenvalue weighted by Gasteiger charge is 2.46. The van der Waals surface area contributed by atoms with E-state index in [-0.39, 0.29) is 11.9 Å². The molecule has 3 aromatic rings. The number of hydrogen-bond donors (Lipinski definition) is 0. The Morgan fingerprint density at radius 3 is 2.19 bits per heavy atom. The van der Waals surface area contributed by atoms with Gasteiger partial charge in [0.1, 0.15) is 12.7 Å². The normalized spacial score (nSPS) is 18.3. The van der Waals surface area contributed by atoms with Crippen molar-refractivity contribution in [2.75, 3.05) is 41.6 Å². The molecular formula is C28H29NO7. The van der Waals surface area contributed by atoms with Gasteiger partial charge >= 0.3 is 0 Å². The first-order valence-corrected chi connectivity index (χ1v) is 11.7. The van der Waals surface area contributed by atoms with Crippen molar-refractivity contribution < 1.29 is 33.2 Å². The lowest BCUT2D eigenvalue weighted by Gasteiger charge is -2.37. The highest BCUT2D eigenvalue weighted by atomic mass is 16.5. The van der Waals surface area contributed by atoms with Gasteiger partial charge < -0.3 is 33.3 Å². The first-order valence-electron chi connectivity index (χ1n) is 11.7. The topological polar surface area (TPSA) is 75.7 Å². The third-order valence-electron chi connectivity index (χ3n) is 6.65. The molecule has 0 spiro atoms. The van der Waals surface area contributed by atoms with E-state index >= 15 is 0 Å². The lowest BCUT2D eigenvalue weighted by Crippen LogP contribution is -2.40. The number of methoxy groups -OCH3 is 4. The maximum absolute atomic E-state index is 13.4. The highest BCUT2D eigenvalue weighted by molar-refractivity contribution is 6.00. The molecule has 0 unspecified atom stereocenters. The summed E-state index contributed by atoms with van der Waals surface area (Å²) in [5.41, 5.74) is 3.28. The molecule has 0 saturated carbocycles. The maximum Gasteiger partial charge on any atom is 0.255 e. The Morgan fingerprint density at radius 2 is 1.56 bits per heavy atom. The van der Waals surface area contributed by atoms with Gasteiger partial charge in [0.05, 0.1) is 41.1 Å². The van der Waals surface area contributed by atoms with E-state index in [0.29, 0.717) is 54.1 Å². The molecule has 8 nitrogen and oxygen atoms in total. The Bertz CT molecular complexity index is 1240. The van der Waals surface area contributed by atoms with Gasteiger partial charge in [0, 0.05) is 12.1 Å². The first kappa shape index (κ1) is 23.8. The van der Waals surface area contributed by atoms with Crippen LogP contribution in [0.4, 0.5) is 0 Å². The van der Waals surface area contributed by atoms with E-state index in [0.717, 1.165) is 16.7 Å². The molecule has 2 aliphatic heterocycles. The van der Waals surface area contributed by atoms with Gasteiger partial charge in [0.15, 0.2) is 23.0 Å². The largest absolute Gasteiger partial charge is 0.493 e. The fourth-order valence-electron chi connectivity index (χ4n) is 4.94. The number of rotatable bonds is 8. The lowest BCUT2D eigenvalue weighted by atomic mass is 9.93. The van der Waals surface area contributed by atoms with Gasteiger partial charge in [-0.15, -0.1) is 0 Å². The number of ether oxygens (including phenoxy) is 6. The molecule has 8 heteroatoms. The molecule has 2 aliphatic rings. The predicted molar refractivity (Wildman–Crippen MR) is 132 cm³/mol. The van der Waals surface area contributed by atoms with Gasteiger partial charge in [-0.25, -0.2) is 0 Å². The van der Waals surface area contributed by atoms with Crippen LogP contribution in [0.5, 0.6) is 28.7 Å². The predicted octanol–water partition coefficient (Wildman–Crippen LogP) is 4.57. The smallest absolute Gasteiger partial charge is 0.255 e. The van der Waals surface area contributed by atoms with Crippen molar-refractivity contribution >= 4 is 5.91 Å². The van der Waals surface area contributed by atoms with Crippen LogP contribution in [0.1, 0.15) is 39.2 Å². The molecule has 1 amide bonds. The highest BCUT2D eigenvalue weighted by Crippen LogP contribution is 2.51. The van der Waals surface area contributed by atoms with Gasteiger partial charge in [-0.1, -0.05) is 30.3 Å². The molecule has 0 N–H and O–H groups in total. The summed E-state index contributed by atoms with van der Waals surface area (Å²) in [6.07, 6.45) is -0.437. The van der Waals surface area contributed by atoms with Gasteiger partial charge in [0.25, 0.3) is 5.91 Å². The molecule has 5 rings (SSSR count). The van der Waals surface area contributed by atoms with Crippen LogP contribution in [-0.4, -0.2) is 52.4 Å². The fraction of sp³-hybridized carbons (Fsp3) is 0.321. The summed E-state index contributed by atoms with van der Waals surface area (Å²) in [5, 5.41) is 0. The van der Waals surface area contributed by atoms with Crippen molar-refractivity contribution in [2.45, 2.75) is 18.8 Å². The number of hydrogen-bond acceptors (Lipinski definition) is 7. The van der Waals surface area contributed by atoms with Crippen LogP contribution in [-0.2, 0) is 11.3 Å². The van der Waals surface area contributed by atoms with E-state index in [1.165, 1.54) is 0 Å². The van der Waals surface area contributed by atoms with Crippen LogP contribution < -0.4 is 23.7 Å². The quantitative estimate of drug-likeness (QED) is 0.457. The molecular weight excluding hydrogens is 462 g/mol. The molecule has 0 radical (unpaired) electrons. The second-order valence-corrected chi connectivity index (χ2v) is 8.56. The Morgan fingerprint density at radius 1 is 0.861 bits per heavy atom. The van der Waals surface area contributed by atoms with E-state index in [9.17, 15) is 4.79 Å². The number of carbonyl (C=O) groups is 1. The number of fused-ring (bicyclic) bond motifs is 3. The van der Waals surface area contributed by atoms with E-state index in [1.807, 2.05) is 53.4 Å². The minimum atomic E-state index is -0.437. The van der Waals surface area contributed by atoms with Gasteiger partial charge in [-0.05, 0) is 41.0 Å². The molecule has 188 valence electrons. The van der Waals surface area contributed by atoms with Gasteiger partial charge in [0.2, 0.25) is 5.75 Å². The minimum Gasteiger partial charge on any atom is -0.493 e. The second-order valence-electron chi connectivity index (χ2n) is 8.56. The summed E-state index contributed by atoms with van der Waals surface area (Å²) >= 11 is 0. The average Bonchev–Trinajstić information content (AvgIpc) is 3.21. The molecule has 3 aromatic carbocycles. The Kier molecular flexibility index (Phi) is 6.61. The number of benzene rings is 3. The molecule has 0 bridgehead atoms. The van der Waals surface area contributed by atoms with Crippen molar-refractivity contribution in [3.8, 4) is 28.7 Å². The summed E-state index contributed by atoms with van der Waals surface area (Å²) in [6, 6.07) is 17.0. The molecule has 0 aliphatic carbocycles. The lowest BCUT2D eigenvalue weighted by molar-refractivity contribution is -0.0572. The summed E-state index contributed by atoms with van der Waals surface area (Å²) < 4.78 is 34.6. The summed E-state index contributed by atoms with van der Waals surface area (Å²) in [4.78, 5) is 15.3. The molecule has 2 heterocycles. The van der Waals surface area contributed by atoms with E-state index in [4.69, 9.17) is 28.4 Å². The van der Waals surface area contributed by atoms with Crippen LogP contribution in [0.25, 0.3) is 0 Å². The number of nitrogens with zero attached hydrogens (tertiary/aromatic N) is 1. The summed E-state index contributed by atoms with van der Waals surface area (Å²) in [5.74, 6) is 2.59. The van der Waals surface area contributed by atoms with Crippen LogP contribution in [0, 0.1) is 0 Å². The Balaban J connectivity index is 1.55. The third-order valence-corrected chi connectivity index (χ3v) is 6.65. The zero-order valence-electron chi connectivity index (χ0n) is 20.8. The molecule has 1 fully saturated rings. The minimum absolute atomic E-state index is 0.0522. The zero-order chi connectivity index (χ0) is 25.2. The summed E-state index contributed by atoms with van der Waals surface area (Å²) in [7, 11) is 6.29. The van der Waals surface area contributed by atoms with Crippen molar-refractivity contribution in [1.82, 2.24) is 4.90 Å². The maximum atomic E-state index is 13.4. The monoisotopic (exact) mass is 491 g/mol. The number of carbonyl (C=O) groups excluding carboxylic acids is 1. The Labute approximate surface area is 210 Å². The number of morpholine rings is 1. The van der Waals surface area contributed by atoms with Gasteiger partial charge in [-0.2, -0.15) is 0 Å². The third kappa shape index (κ3) is 4.07. The van der Waals surface area contributed by atoms with Crippen LogP contribution >= 0.6 is 0 Å². The van der Waals surface area contributed by atoms with Crippen LogP contribution in [0.3, 0.4) is 0 Å². The summed E-state index contributed by atoms with van der Waals surface area (Å²) in [6.45, 7) is 1.28. The second kappa shape index (κ2) is 9.99. The Hall–Kier alpha value is -3.91. The first-order chi connectivity index (χ1) is 17.6. The van der Waals surface area contributed by atoms with Crippen molar-refractivity contribution in [2.24, 2.45) is 0 Å². The van der Waals surface area contributed by atoms with E-state index < -0.39 is 6.10 Å². The average molecular weight is 492 g/mol. The molecule has 1 saturated heterocycles. The standard InChI is InChI=1S/C28H29NO7/c1-31-21-15-20-19(14-22(21)36-16-17-8-6-5-7-9-17)25-26(35-11-10-29(25)28(20)30)18-12-23(32-2)27(34-4)24(13-18)33-3/h5-9,12-15,25-26H,10-11,16H2,1-4H3/t25-,26-/m1/s1. The molecule has 36 heavy (non-hydrogen) atoms. The van der Waals surface area contributed by atoms with Crippen molar-refractivity contribution in [3.63, 3.8) is 0 Å². The van der Waals surface area contributed by atoms with E-state index in [1.54, 1.807) is 34.5 Å². The molecule has 2 atom stereocenters. The SMILES string of the molecule is COc1cc2c(cc1OCc1ccccc1)[C@@H]1[C@@H](c3cc(OC)c(OC)c(OC)c3)OCCN1C2=O. The fourth-order valence-corrected chi connectivity index (χ4v) is 4.94. The van der Waals surface area contributed by atoms with Crippen molar-refractivity contribution in [1.29, 1.82) is 0 Å². The van der Waals surface area contributed by atoms with Crippen molar-refractivity contribution in [3.05, 3.63) is 76.9 Å². The van der Waals surface area contributed by atoms with Crippen LogP contribution in [0.2, 0.25) is 0 Å². The van der Waals surface area contributed by atoms with Crippen LogP contribution in [0.15, 0.2) is 54.6 Å².